The summed E-state index contributed by atoms with van der Waals surface area (Å²) in [5, 5.41) is 8.69. The molecule has 6 heteroatoms. The molecule has 0 aromatic carbocycles. The molecular formula is C13H19N3O3. The first kappa shape index (κ1) is 13.6. The molecule has 0 amide bonds. The number of aryl methyl sites for hydroxylation is 1. The Morgan fingerprint density at radius 3 is 3.05 bits per heavy atom. The second-order valence-electron chi connectivity index (χ2n) is 4.88. The lowest BCUT2D eigenvalue weighted by Gasteiger charge is -2.17. The SMILES string of the molecule is CCn1ccnc(N2CCC(CCC(=O)O)C2)c1=O. The summed E-state index contributed by atoms with van der Waals surface area (Å²) in [5.74, 6) is 0.0689. The van der Waals surface area contributed by atoms with Crippen LogP contribution in [0.5, 0.6) is 0 Å². The van der Waals surface area contributed by atoms with Gasteiger partial charge in [-0.05, 0) is 25.7 Å². The highest BCUT2D eigenvalue weighted by Gasteiger charge is 2.25. The Morgan fingerprint density at radius 1 is 1.58 bits per heavy atom. The fourth-order valence-corrected chi connectivity index (χ4v) is 2.49. The van der Waals surface area contributed by atoms with Gasteiger partial charge in [-0.3, -0.25) is 9.59 Å². The second kappa shape index (κ2) is 5.86. The average molecular weight is 265 g/mol. The number of rotatable bonds is 5. The third-order valence-corrected chi connectivity index (χ3v) is 3.59. The highest BCUT2D eigenvalue weighted by molar-refractivity contribution is 5.66. The zero-order valence-corrected chi connectivity index (χ0v) is 11.1. The van der Waals surface area contributed by atoms with Gasteiger partial charge in [-0.1, -0.05) is 0 Å². The zero-order chi connectivity index (χ0) is 13.8. The van der Waals surface area contributed by atoms with Gasteiger partial charge in [0.2, 0.25) is 0 Å². The molecule has 1 aromatic heterocycles. The van der Waals surface area contributed by atoms with E-state index in [-0.39, 0.29) is 12.0 Å². The molecule has 1 aromatic rings. The first-order chi connectivity index (χ1) is 9.11. The van der Waals surface area contributed by atoms with Gasteiger partial charge < -0.3 is 14.6 Å². The summed E-state index contributed by atoms with van der Waals surface area (Å²) in [6.45, 7) is 4.05. The molecule has 6 nitrogen and oxygen atoms in total. The van der Waals surface area contributed by atoms with Gasteiger partial charge in [0.25, 0.3) is 5.56 Å². The van der Waals surface area contributed by atoms with Gasteiger partial charge in [0.05, 0.1) is 0 Å². The second-order valence-corrected chi connectivity index (χ2v) is 4.88. The Morgan fingerprint density at radius 2 is 2.37 bits per heavy atom. The van der Waals surface area contributed by atoms with Crippen molar-refractivity contribution in [3.05, 3.63) is 22.7 Å². The molecule has 2 heterocycles. The molecule has 1 aliphatic heterocycles. The van der Waals surface area contributed by atoms with Crippen LogP contribution in [-0.2, 0) is 11.3 Å². The minimum atomic E-state index is -0.760. The molecule has 1 N–H and O–H groups in total. The average Bonchev–Trinajstić information content (AvgIpc) is 2.85. The minimum absolute atomic E-state index is 0.0658. The smallest absolute Gasteiger partial charge is 0.303 e. The van der Waals surface area contributed by atoms with Crippen molar-refractivity contribution in [2.75, 3.05) is 18.0 Å². The van der Waals surface area contributed by atoms with E-state index in [4.69, 9.17) is 5.11 Å². The van der Waals surface area contributed by atoms with E-state index in [0.717, 1.165) is 19.5 Å². The Labute approximate surface area is 111 Å². The fourth-order valence-electron chi connectivity index (χ4n) is 2.49. The number of nitrogens with zero attached hydrogens (tertiary/aromatic N) is 3. The van der Waals surface area contributed by atoms with E-state index in [0.29, 0.717) is 24.7 Å². The van der Waals surface area contributed by atoms with Crippen molar-refractivity contribution in [2.45, 2.75) is 32.7 Å². The van der Waals surface area contributed by atoms with E-state index in [1.165, 1.54) is 0 Å². The molecule has 104 valence electrons. The summed E-state index contributed by atoms with van der Waals surface area (Å²) in [7, 11) is 0. The van der Waals surface area contributed by atoms with E-state index >= 15 is 0 Å². The molecular weight excluding hydrogens is 246 g/mol. The predicted octanol–water partition coefficient (Wildman–Crippen LogP) is 0.954. The first-order valence-corrected chi connectivity index (χ1v) is 6.64. The lowest BCUT2D eigenvalue weighted by molar-refractivity contribution is -0.137. The number of carboxylic acid groups (broad SMARTS) is 1. The molecule has 1 aliphatic rings. The maximum absolute atomic E-state index is 12.1. The number of carboxylic acids is 1. The van der Waals surface area contributed by atoms with E-state index in [1.807, 2.05) is 11.8 Å². The summed E-state index contributed by atoms with van der Waals surface area (Å²) >= 11 is 0. The number of hydrogen-bond acceptors (Lipinski definition) is 4. The topological polar surface area (TPSA) is 75.4 Å². The lowest BCUT2D eigenvalue weighted by Crippen LogP contribution is -2.31. The molecule has 19 heavy (non-hydrogen) atoms. The van der Waals surface area contributed by atoms with Crippen LogP contribution < -0.4 is 10.5 Å². The first-order valence-electron chi connectivity index (χ1n) is 6.64. The molecule has 0 saturated carbocycles. The molecule has 0 bridgehead atoms. The summed E-state index contributed by atoms with van der Waals surface area (Å²) in [6, 6.07) is 0. The van der Waals surface area contributed by atoms with Crippen LogP contribution in [0, 0.1) is 5.92 Å². The van der Waals surface area contributed by atoms with Crippen molar-refractivity contribution in [1.82, 2.24) is 9.55 Å². The van der Waals surface area contributed by atoms with Gasteiger partial charge in [0.1, 0.15) is 0 Å². The summed E-state index contributed by atoms with van der Waals surface area (Å²) < 4.78 is 1.63. The summed E-state index contributed by atoms with van der Waals surface area (Å²) in [5.41, 5.74) is -0.0658. The Balaban J connectivity index is 2.05. The largest absolute Gasteiger partial charge is 0.481 e. The van der Waals surface area contributed by atoms with Crippen molar-refractivity contribution < 1.29 is 9.90 Å². The highest BCUT2D eigenvalue weighted by atomic mass is 16.4. The van der Waals surface area contributed by atoms with Crippen LogP contribution in [0.3, 0.4) is 0 Å². The summed E-state index contributed by atoms with van der Waals surface area (Å²) in [6.07, 6.45) is 5.12. The molecule has 0 radical (unpaired) electrons. The molecule has 1 saturated heterocycles. The maximum Gasteiger partial charge on any atom is 0.303 e. The van der Waals surface area contributed by atoms with Crippen LogP contribution in [0.25, 0.3) is 0 Å². The number of anilines is 1. The Bertz CT molecular complexity index is 512. The lowest BCUT2D eigenvalue weighted by atomic mass is 10.0. The van der Waals surface area contributed by atoms with Crippen LogP contribution in [0.2, 0.25) is 0 Å². The van der Waals surface area contributed by atoms with Crippen LogP contribution in [0.4, 0.5) is 5.82 Å². The molecule has 1 unspecified atom stereocenters. The van der Waals surface area contributed by atoms with Gasteiger partial charge in [0, 0.05) is 38.4 Å². The van der Waals surface area contributed by atoms with Gasteiger partial charge in [-0.2, -0.15) is 0 Å². The van der Waals surface area contributed by atoms with E-state index < -0.39 is 5.97 Å². The van der Waals surface area contributed by atoms with Crippen molar-refractivity contribution in [3.8, 4) is 0 Å². The van der Waals surface area contributed by atoms with Crippen molar-refractivity contribution in [3.63, 3.8) is 0 Å². The van der Waals surface area contributed by atoms with Crippen LogP contribution in [0.1, 0.15) is 26.2 Å². The normalized spacial score (nSPS) is 18.8. The van der Waals surface area contributed by atoms with E-state index in [2.05, 4.69) is 4.98 Å². The Kier molecular flexibility index (Phi) is 4.19. The van der Waals surface area contributed by atoms with Gasteiger partial charge in [-0.15, -0.1) is 0 Å². The molecule has 2 rings (SSSR count). The number of hydrogen-bond donors (Lipinski definition) is 1. The summed E-state index contributed by atoms with van der Waals surface area (Å²) in [4.78, 5) is 28.8. The van der Waals surface area contributed by atoms with E-state index in [9.17, 15) is 9.59 Å². The van der Waals surface area contributed by atoms with Gasteiger partial charge >= 0.3 is 5.97 Å². The van der Waals surface area contributed by atoms with Crippen LogP contribution in [0.15, 0.2) is 17.2 Å². The molecule has 0 spiro atoms. The van der Waals surface area contributed by atoms with E-state index in [1.54, 1.807) is 17.0 Å². The quantitative estimate of drug-likeness (QED) is 0.858. The fraction of sp³-hybridized carbons (Fsp3) is 0.615. The molecule has 0 aliphatic carbocycles. The van der Waals surface area contributed by atoms with Crippen molar-refractivity contribution in [1.29, 1.82) is 0 Å². The maximum atomic E-state index is 12.1. The van der Waals surface area contributed by atoms with Crippen molar-refractivity contribution >= 4 is 11.8 Å². The van der Waals surface area contributed by atoms with Gasteiger partial charge in [0.15, 0.2) is 5.82 Å². The standard InChI is InChI=1S/C13H19N3O3/c1-2-15-8-6-14-12(13(15)19)16-7-5-10(9-16)3-4-11(17)18/h6,8,10H,2-5,7,9H2,1H3,(H,17,18). The zero-order valence-electron chi connectivity index (χ0n) is 11.1. The molecule has 1 fully saturated rings. The number of carbonyl (C=O) groups is 1. The Hall–Kier alpha value is -1.85. The highest BCUT2D eigenvalue weighted by Crippen LogP contribution is 2.23. The third kappa shape index (κ3) is 3.13. The van der Waals surface area contributed by atoms with Gasteiger partial charge in [-0.25, -0.2) is 4.98 Å². The van der Waals surface area contributed by atoms with Crippen LogP contribution >= 0.6 is 0 Å². The van der Waals surface area contributed by atoms with Crippen LogP contribution in [-0.4, -0.2) is 33.7 Å². The monoisotopic (exact) mass is 265 g/mol. The number of aromatic nitrogens is 2. The predicted molar refractivity (Wildman–Crippen MR) is 71.4 cm³/mol. The van der Waals surface area contributed by atoms with Crippen molar-refractivity contribution in [2.24, 2.45) is 5.92 Å². The third-order valence-electron chi connectivity index (χ3n) is 3.59. The minimum Gasteiger partial charge on any atom is -0.481 e. The number of aliphatic carboxylic acids is 1. The molecule has 1 atom stereocenters.